The van der Waals surface area contributed by atoms with Crippen molar-refractivity contribution in [1.29, 1.82) is 0 Å². The predicted octanol–water partition coefficient (Wildman–Crippen LogP) is 0.411. The molecule has 1 aliphatic heterocycles. The lowest BCUT2D eigenvalue weighted by atomic mass is 9.93. The van der Waals surface area contributed by atoms with Gasteiger partial charge in [-0.3, -0.25) is 9.59 Å². The number of methoxy groups -OCH3 is 1. The molecule has 0 radical (unpaired) electrons. The molecule has 0 aliphatic carbocycles. The van der Waals surface area contributed by atoms with E-state index in [9.17, 15) is 14.7 Å². The molecule has 1 heterocycles. The molecule has 3 atom stereocenters. The van der Waals surface area contributed by atoms with Crippen molar-refractivity contribution in [2.75, 3.05) is 13.7 Å². The Balaban J connectivity index is 3.01. The number of ketones is 2. The standard InChI is InChI=1S/C12H20O6/c1-8(13)6-17-12(15)7-10(3,9(2)14)18-11(12,4)16-5/h15H,6-7H2,1-5H3/t10-,11-,12?/m1/s1. The molecule has 0 aromatic heterocycles. The van der Waals surface area contributed by atoms with Crippen LogP contribution >= 0.6 is 0 Å². The van der Waals surface area contributed by atoms with E-state index in [1.807, 2.05) is 0 Å². The van der Waals surface area contributed by atoms with Gasteiger partial charge in [-0.1, -0.05) is 0 Å². The Morgan fingerprint density at radius 3 is 2.28 bits per heavy atom. The number of hydrogen-bond acceptors (Lipinski definition) is 6. The predicted molar refractivity (Wildman–Crippen MR) is 61.8 cm³/mol. The molecule has 0 spiro atoms. The Morgan fingerprint density at radius 2 is 1.89 bits per heavy atom. The summed E-state index contributed by atoms with van der Waals surface area (Å²) in [6.45, 7) is 5.47. The lowest BCUT2D eigenvalue weighted by Crippen LogP contribution is -2.52. The number of ether oxygens (including phenoxy) is 3. The molecule has 6 nitrogen and oxygen atoms in total. The van der Waals surface area contributed by atoms with Crippen LogP contribution in [0.15, 0.2) is 0 Å². The second-order valence-corrected chi connectivity index (χ2v) is 4.99. The molecule has 1 aliphatic rings. The van der Waals surface area contributed by atoms with Crippen LogP contribution in [0.5, 0.6) is 0 Å². The molecular formula is C12H20O6. The first-order valence-corrected chi connectivity index (χ1v) is 5.71. The van der Waals surface area contributed by atoms with Gasteiger partial charge >= 0.3 is 0 Å². The van der Waals surface area contributed by atoms with Gasteiger partial charge in [-0.05, 0) is 27.7 Å². The van der Waals surface area contributed by atoms with Crippen LogP contribution in [0.3, 0.4) is 0 Å². The van der Waals surface area contributed by atoms with Gasteiger partial charge in [0, 0.05) is 13.5 Å². The summed E-state index contributed by atoms with van der Waals surface area (Å²) in [7, 11) is 1.34. The highest BCUT2D eigenvalue weighted by molar-refractivity contribution is 5.85. The Labute approximate surface area is 106 Å². The van der Waals surface area contributed by atoms with Crippen molar-refractivity contribution in [2.45, 2.75) is 51.3 Å². The van der Waals surface area contributed by atoms with Crippen molar-refractivity contribution in [3.05, 3.63) is 0 Å². The fraction of sp³-hybridized carbons (Fsp3) is 0.833. The van der Waals surface area contributed by atoms with E-state index in [-0.39, 0.29) is 24.6 Å². The SMILES string of the molecule is CO[C@]1(C)O[C@@](C)(C(C)=O)CC1(O)OCC(C)=O. The maximum Gasteiger partial charge on any atom is 0.224 e. The Bertz CT molecular complexity index is 368. The van der Waals surface area contributed by atoms with Crippen molar-refractivity contribution in [2.24, 2.45) is 0 Å². The molecule has 1 rings (SSSR count). The largest absolute Gasteiger partial charge is 0.361 e. The summed E-state index contributed by atoms with van der Waals surface area (Å²) >= 11 is 0. The van der Waals surface area contributed by atoms with Gasteiger partial charge in [0.1, 0.15) is 12.2 Å². The lowest BCUT2D eigenvalue weighted by molar-refractivity contribution is -0.349. The molecule has 1 saturated heterocycles. The number of carbonyl (C=O) groups is 2. The Morgan fingerprint density at radius 1 is 1.33 bits per heavy atom. The van der Waals surface area contributed by atoms with Crippen LogP contribution in [0.1, 0.15) is 34.1 Å². The van der Waals surface area contributed by atoms with Crippen LogP contribution in [0.2, 0.25) is 0 Å². The molecule has 104 valence electrons. The zero-order valence-electron chi connectivity index (χ0n) is 11.4. The first-order valence-electron chi connectivity index (χ1n) is 5.71. The average molecular weight is 260 g/mol. The van der Waals surface area contributed by atoms with Gasteiger partial charge in [-0.25, -0.2) is 0 Å². The third-order valence-electron chi connectivity index (χ3n) is 3.36. The number of aliphatic hydroxyl groups is 1. The van der Waals surface area contributed by atoms with Crippen LogP contribution in [0.4, 0.5) is 0 Å². The Hall–Kier alpha value is -0.820. The molecular weight excluding hydrogens is 240 g/mol. The third-order valence-corrected chi connectivity index (χ3v) is 3.36. The van der Waals surface area contributed by atoms with Gasteiger partial charge in [-0.2, -0.15) is 0 Å². The van der Waals surface area contributed by atoms with Crippen molar-refractivity contribution < 1.29 is 28.9 Å². The van der Waals surface area contributed by atoms with Gasteiger partial charge < -0.3 is 19.3 Å². The maximum absolute atomic E-state index is 11.6. The fourth-order valence-corrected chi connectivity index (χ4v) is 1.96. The van der Waals surface area contributed by atoms with Crippen LogP contribution in [0, 0.1) is 0 Å². The van der Waals surface area contributed by atoms with Crippen molar-refractivity contribution >= 4 is 11.6 Å². The second kappa shape index (κ2) is 4.70. The van der Waals surface area contributed by atoms with Gasteiger partial charge in [0.2, 0.25) is 11.6 Å². The molecule has 0 aromatic rings. The summed E-state index contributed by atoms with van der Waals surface area (Å²) in [4.78, 5) is 22.5. The topological polar surface area (TPSA) is 82.1 Å². The molecule has 0 amide bonds. The smallest absolute Gasteiger partial charge is 0.224 e. The molecule has 6 heteroatoms. The summed E-state index contributed by atoms with van der Waals surface area (Å²) in [6, 6.07) is 0. The first-order chi connectivity index (χ1) is 8.08. The zero-order valence-corrected chi connectivity index (χ0v) is 11.4. The normalized spacial score (nSPS) is 39.9. The molecule has 1 fully saturated rings. The molecule has 1 unspecified atom stereocenters. The van der Waals surface area contributed by atoms with E-state index in [0.717, 1.165) is 0 Å². The summed E-state index contributed by atoms with van der Waals surface area (Å²) < 4.78 is 15.9. The molecule has 0 aromatic carbocycles. The second-order valence-electron chi connectivity index (χ2n) is 4.99. The number of carbonyl (C=O) groups excluding carboxylic acids is 2. The number of Topliss-reactive ketones (excluding diaryl/α,β-unsaturated/α-hetero) is 2. The zero-order chi connectivity index (χ0) is 14.2. The summed E-state index contributed by atoms with van der Waals surface area (Å²) in [6.07, 6.45) is -0.0903. The third kappa shape index (κ3) is 2.47. The minimum Gasteiger partial charge on any atom is -0.361 e. The molecule has 18 heavy (non-hydrogen) atoms. The fourth-order valence-electron chi connectivity index (χ4n) is 1.96. The monoisotopic (exact) mass is 260 g/mol. The molecule has 0 saturated carbocycles. The highest BCUT2D eigenvalue weighted by Gasteiger charge is 2.64. The van der Waals surface area contributed by atoms with Crippen molar-refractivity contribution in [1.82, 2.24) is 0 Å². The summed E-state index contributed by atoms with van der Waals surface area (Å²) in [5.41, 5.74) is -1.20. The van der Waals surface area contributed by atoms with Crippen LogP contribution < -0.4 is 0 Å². The van der Waals surface area contributed by atoms with Crippen molar-refractivity contribution in [3.8, 4) is 0 Å². The minimum absolute atomic E-state index is 0.0903. The van der Waals surface area contributed by atoms with E-state index in [1.165, 1.54) is 27.9 Å². The van der Waals surface area contributed by atoms with Gasteiger partial charge in [0.05, 0.1) is 0 Å². The van der Waals surface area contributed by atoms with Gasteiger partial charge in [0.15, 0.2) is 11.6 Å². The number of rotatable bonds is 5. The van der Waals surface area contributed by atoms with Crippen molar-refractivity contribution in [3.63, 3.8) is 0 Å². The quantitative estimate of drug-likeness (QED) is 0.721. The van der Waals surface area contributed by atoms with Crippen LogP contribution in [-0.2, 0) is 23.8 Å². The van der Waals surface area contributed by atoms with Gasteiger partial charge in [-0.15, -0.1) is 0 Å². The number of hydrogen-bond donors (Lipinski definition) is 1. The summed E-state index contributed by atoms with van der Waals surface area (Å²) in [5, 5.41) is 10.5. The van der Waals surface area contributed by atoms with Gasteiger partial charge in [0.25, 0.3) is 0 Å². The first kappa shape index (κ1) is 15.2. The van der Waals surface area contributed by atoms with E-state index in [1.54, 1.807) is 6.92 Å². The van der Waals surface area contributed by atoms with E-state index in [4.69, 9.17) is 14.2 Å². The van der Waals surface area contributed by atoms with E-state index in [2.05, 4.69) is 0 Å². The van der Waals surface area contributed by atoms with Crippen LogP contribution in [0.25, 0.3) is 0 Å². The maximum atomic E-state index is 11.6. The molecule has 0 bridgehead atoms. The summed E-state index contributed by atoms with van der Waals surface area (Å²) in [5.74, 6) is -3.82. The highest BCUT2D eigenvalue weighted by atomic mass is 16.8. The molecule has 1 N–H and O–H groups in total. The average Bonchev–Trinajstić information content (AvgIpc) is 2.46. The van der Waals surface area contributed by atoms with E-state index in [0.29, 0.717) is 0 Å². The Kier molecular flexibility index (Phi) is 3.97. The lowest BCUT2D eigenvalue weighted by Gasteiger charge is -2.35. The highest BCUT2D eigenvalue weighted by Crippen LogP contribution is 2.46. The minimum atomic E-state index is -1.84. The van der Waals surface area contributed by atoms with Crippen LogP contribution in [-0.4, -0.2) is 47.6 Å². The van der Waals surface area contributed by atoms with E-state index < -0.39 is 17.2 Å². The van der Waals surface area contributed by atoms with E-state index >= 15 is 0 Å².